The molecule has 2 amide bonds. The van der Waals surface area contributed by atoms with Gasteiger partial charge in [0.1, 0.15) is 5.60 Å². The number of aryl methyl sites for hydroxylation is 1. The van der Waals surface area contributed by atoms with E-state index in [0.717, 1.165) is 33.2 Å². The van der Waals surface area contributed by atoms with Gasteiger partial charge in [-0.1, -0.05) is 6.92 Å². The Labute approximate surface area is 207 Å². The van der Waals surface area contributed by atoms with Crippen LogP contribution in [-0.4, -0.2) is 56.2 Å². The van der Waals surface area contributed by atoms with Gasteiger partial charge in [0.15, 0.2) is 0 Å². The maximum absolute atomic E-state index is 13.4. The Morgan fingerprint density at radius 3 is 2.56 bits per heavy atom. The van der Waals surface area contributed by atoms with Gasteiger partial charge in [-0.05, 0) is 74.2 Å². The van der Waals surface area contributed by atoms with Crippen molar-refractivity contribution in [2.45, 2.75) is 58.6 Å². The molecule has 9 heteroatoms. The fourth-order valence-corrected chi connectivity index (χ4v) is 4.57. The van der Waals surface area contributed by atoms with E-state index in [0.29, 0.717) is 31.5 Å². The molecule has 1 fully saturated rings. The number of hydrogen-bond acceptors (Lipinski definition) is 5. The monoisotopic (exact) mass is 527 g/mol. The lowest BCUT2D eigenvalue weighted by Gasteiger charge is -2.33. The van der Waals surface area contributed by atoms with Crippen molar-refractivity contribution in [1.29, 1.82) is 0 Å². The van der Waals surface area contributed by atoms with E-state index in [9.17, 15) is 9.59 Å². The minimum absolute atomic E-state index is 0.0334. The summed E-state index contributed by atoms with van der Waals surface area (Å²) in [5, 5.41) is 7.71. The van der Waals surface area contributed by atoms with Gasteiger partial charge in [0, 0.05) is 52.8 Å². The van der Waals surface area contributed by atoms with Crippen LogP contribution in [0.5, 0.6) is 0 Å². The SMILES string of the molecule is CCc1ccc2c(-c3cncc(Br)c3)c(C(=O)NC3CCN(C(=O)OC(C)(C)C)CC3)cnn12. The molecule has 34 heavy (non-hydrogen) atoms. The summed E-state index contributed by atoms with van der Waals surface area (Å²) in [7, 11) is 0. The first-order valence-electron chi connectivity index (χ1n) is 11.6. The normalized spacial score (nSPS) is 14.9. The quantitative estimate of drug-likeness (QED) is 0.523. The molecule has 180 valence electrons. The zero-order valence-corrected chi connectivity index (χ0v) is 21.6. The van der Waals surface area contributed by atoms with Gasteiger partial charge in [-0.2, -0.15) is 5.10 Å². The van der Waals surface area contributed by atoms with E-state index >= 15 is 0 Å². The maximum Gasteiger partial charge on any atom is 0.410 e. The number of carbonyl (C=O) groups is 2. The summed E-state index contributed by atoms with van der Waals surface area (Å²) in [5.74, 6) is -0.181. The summed E-state index contributed by atoms with van der Waals surface area (Å²) < 4.78 is 8.19. The molecule has 3 aromatic heterocycles. The number of hydrogen-bond donors (Lipinski definition) is 1. The lowest BCUT2D eigenvalue weighted by molar-refractivity contribution is 0.0199. The van der Waals surface area contributed by atoms with Crippen molar-refractivity contribution < 1.29 is 14.3 Å². The fourth-order valence-electron chi connectivity index (χ4n) is 4.20. The van der Waals surface area contributed by atoms with Crippen molar-refractivity contribution in [3.05, 3.63) is 52.5 Å². The Morgan fingerprint density at radius 2 is 1.91 bits per heavy atom. The Balaban J connectivity index is 1.55. The zero-order chi connectivity index (χ0) is 24.5. The van der Waals surface area contributed by atoms with Crippen molar-refractivity contribution in [2.75, 3.05) is 13.1 Å². The average molecular weight is 528 g/mol. The number of piperidine rings is 1. The largest absolute Gasteiger partial charge is 0.444 e. The zero-order valence-electron chi connectivity index (χ0n) is 20.0. The minimum atomic E-state index is -0.526. The second kappa shape index (κ2) is 9.74. The molecule has 3 aromatic rings. The van der Waals surface area contributed by atoms with E-state index in [4.69, 9.17) is 4.74 Å². The number of amides is 2. The van der Waals surface area contributed by atoms with Gasteiger partial charge in [-0.25, -0.2) is 9.31 Å². The molecular formula is C25H30BrN5O3. The topological polar surface area (TPSA) is 88.8 Å². The highest BCUT2D eigenvalue weighted by molar-refractivity contribution is 9.10. The molecule has 1 N–H and O–H groups in total. The second-order valence-electron chi connectivity index (χ2n) is 9.52. The molecule has 0 radical (unpaired) electrons. The van der Waals surface area contributed by atoms with Crippen LogP contribution in [0.2, 0.25) is 0 Å². The standard InChI is InChI=1S/C25H30BrN5O3/c1-5-19-6-7-21-22(16-12-17(26)14-27-13-16)20(15-28-31(19)21)23(32)29-18-8-10-30(11-9-18)24(33)34-25(2,3)4/h6-7,12-15,18H,5,8-11H2,1-4H3,(H,29,32). The van der Waals surface area contributed by atoms with Crippen LogP contribution in [0.25, 0.3) is 16.6 Å². The van der Waals surface area contributed by atoms with Crippen molar-refractivity contribution >= 4 is 33.4 Å². The van der Waals surface area contributed by atoms with Crippen LogP contribution in [0, 0.1) is 0 Å². The lowest BCUT2D eigenvalue weighted by atomic mass is 10.0. The summed E-state index contributed by atoms with van der Waals surface area (Å²) in [6.07, 6.45) is 6.97. The molecule has 4 heterocycles. The van der Waals surface area contributed by atoms with Gasteiger partial charge >= 0.3 is 6.09 Å². The van der Waals surface area contributed by atoms with E-state index in [-0.39, 0.29) is 18.0 Å². The first kappa shape index (κ1) is 24.2. The molecule has 0 unspecified atom stereocenters. The summed E-state index contributed by atoms with van der Waals surface area (Å²) >= 11 is 3.49. The Morgan fingerprint density at radius 1 is 1.18 bits per heavy atom. The summed E-state index contributed by atoms with van der Waals surface area (Å²) in [4.78, 5) is 31.8. The highest BCUT2D eigenvalue weighted by Crippen LogP contribution is 2.31. The third-order valence-electron chi connectivity index (χ3n) is 5.84. The molecule has 1 aliphatic rings. The average Bonchev–Trinajstić information content (AvgIpc) is 3.21. The first-order chi connectivity index (χ1) is 16.2. The molecule has 4 rings (SSSR count). The van der Waals surface area contributed by atoms with Crippen LogP contribution in [0.3, 0.4) is 0 Å². The molecule has 0 saturated carbocycles. The highest BCUT2D eigenvalue weighted by atomic mass is 79.9. The number of likely N-dealkylation sites (tertiary alicyclic amines) is 1. The van der Waals surface area contributed by atoms with Crippen molar-refractivity contribution in [3.63, 3.8) is 0 Å². The summed E-state index contributed by atoms with van der Waals surface area (Å²) in [6.45, 7) is 8.73. The molecule has 0 aromatic carbocycles. The van der Waals surface area contributed by atoms with E-state index < -0.39 is 5.60 Å². The molecule has 0 aliphatic carbocycles. The molecule has 1 saturated heterocycles. The lowest BCUT2D eigenvalue weighted by Crippen LogP contribution is -2.47. The van der Waals surface area contributed by atoms with Gasteiger partial charge in [-0.15, -0.1) is 0 Å². The summed E-state index contributed by atoms with van der Waals surface area (Å²) in [5.41, 5.74) is 3.55. The van der Waals surface area contributed by atoms with Crippen LogP contribution >= 0.6 is 15.9 Å². The van der Waals surface area contributed by atoms with Crippen molar-refractivity contribution in [2.24, 2.45) is 0 Å². The number of rotatable bonds is 4. The minimum Gasteiger partial charge on any atom is -0.444 e. The Kier molecular flexibility index (Phi) is 6.93. The number of carbonyl (C=O) groups excluding carboxylic acids is 2. The van der Waals surface area contributed by atoms with Gasteiger partial charge < -0.3 is 15.0 Å². The van der Waals surface area contributed by atoms with Crippen LogP contribution in [0.4, 0.5) is 4.79 Å². The molecule has 1 aliphatic heterocycles. The molecule has 8 nitrogen and oxygen atoms in total. The van der Waals surface area contributed by atoms with Crippen molar-refractivity contribution in [3.8, 4) is 11.1 Å². The van der Waals surface area contributed by atoms with Gasteiger partial charge in [-0.3, -0.25) is 9.78 Å². The smallest absolute Gasteiger partial charge is 0.410 e. The fraction of sp³-hybridized carbons (Fsp3) is 0.440. The number of pyridine rings is 1. The van der Waals surface area contributed by atoms with Gasteiger partial charge in [0.05, 0.1) is 17.3 Å². The maximum atomic E-state index is 13.4. The predicted octanol–water partition coefficient (Wildman–Crippen LogP) is 4.85. The third kappa shape index (κ3) is 5.24. The van der Waals surface area contributed by atoms with Gasteiger partial charge in [0.25, 0.3) is 5.91 Å². The van der Waals surface area contributed by atoms with Crippen molar-refractivity contribution in [1.82, 2.24) is 24.8 Å². The first-order valence-corrected chi connectivity index (χ1v) is 12.3. The number of ether oxygens (including phenoxy) is 1. The summed E-state index contributed by atoms with van der Waals surface area (Å²) in [6, 6.07) is 5.95. The van der Waals surface area contributed by atoms with Crippen LogP contribution < -0.4 is 5.32 Å². The van der Waals surface area contributed by atoms with E-state index in [1.807, 2.05) is 43.5 Å². The van der Waals surface area contributed by atoms with E-state index in [1.54, 1.807) is 23.5 Å². The number of halogens is 1. The molecule has 0 bridgehead atoms. The number of aromatic nitrogens is 3. The highest BCUT2D eigenvalue weighted by Gasteiger charge is 2.28. The number of fused-ring (bicyclic) bond motifs is 1. The second-order valence-corrected chi connectivity index (χ2v) is 10.4. The predicted molar refractivity (Wildman–Crippen MR) is 134 cm³/mol. The Bertz CT molecular complexity index is 1210. The van der Waals surface area contributed by atoms with E-state index in [1.165, 1.54) is 0 Å². The van der Waals surface area contributed by atoms with Crippen LogP contribution in [-0.2, 0) is 11.2 Å². The molecule has 0 atom stereocenters. The number of nitrogens with zero attached hydrogens (tertiary/aromatic N) is 4. The molecular weight excluding hydrogens is 498 g/mol. The molecule has 0 spiro atoms. The third-order valence-corrected chi connectivity index (χ3v) is 6.28. The van der Waals surface area contributed by atoms with Crippen LogP contribution in [0.1, 0.15) is 56.6 Å². The number of nitrogens with one attached hydrogen (secondary N) is 1. The van der Waals surface area contributed by atoms with Gasteiger partial charge in [0.2, 0.25) is 0 Å². The van der Waals surface area contributed by atoms with E-state index in [2.05, 4.69) is 38.3 Å². The van der Waals surface area contributed by atoms with Crippen LogP contribution in [0.15, 0.2) is 41.3 Å². The Hall–Kier alpha value is -2.94.